The zero-order valence-corrected chi connectivity index (χ0v) is 18.0. The minimum atomic E-state index is -0.344. The first-order valence-electron chi connectivity index (χ1n) is 9.06. The molecule has 3 aromatic rings. The van der Waals surface area contributed by atoms with Crippen molar-refractivity contribution in [3.05, 3.63) is 82.9 Å². The van der Waals surface area contributed by atoms with Crippen LogP contribution in [0.25, 0.3) is 0 Å². The van der Waals surface area contributed by atoms with Gasteiger partial charge in [0.15, 0.2) is 5.78 Å². The van der Waals surface area contributed by atoms with Crippen LogP contribution in [0.5, 0.6) is 11.5 Å². The van der Waals surface area contributed by atoms with Gasteiger partial charge in [0.2, 0.25) is 0 Å². The number of anilines is 1. The number of ether oxygens (including phenoxy) is 2. The van der Waals surface area contributed by atoms with Crippen molar-refractivity contribution in [1.82, 2.24) is 0 Å². The molecule has 3 rings (SSSR count). The quantitative estimate of drug-likeness (QED) is 0.365. The number of hydrogen-bond acceptors (Lipinski definition) is 5. The molecule has 0 radical (unpaired) electrons. The maximum atomic E-state index is 12.8. The Hall–Kier alpha value is -2.96. The van der Waals surface area contributed by atoms with Crippen LogP contribution in [-0.4, -0.2) is 31.7 Å². The van der Waals surface area contributed by atoms with E-state index in [2.05, 4.69) is 5.32 Å². The number of nitrogens with one attached hydrogen (secondary N) is 1. The number of rotatable bonds is 8. The molecule has 0 saturated carbocycles. The van der Waals surface area contributed by atoms with Crippen LogP contribution in [-0.2, 0) is 0 Å². The first kappa shape index (κ1) is 21.7. The van der Waals surface area contributed by atoms with Gasteiger partial charge in [0.1, 0.15) is 17.1 Å². The van der Waals surface area contributed by atoms with Gasteiger partial charge in [-0.15, -0.1) is 11.8 Å². The Morgan fingerprint density at radius 2 is 1.57 bits per heavy atom. The second-order valence-corrected chi connectivity index (χ2v) is 7.72. The number of benzene rings is 3. The summed E-state index contributed by atoms with van der Waals surface area (Å²) in [5.41, 5.74) is 1.54. The molecule has 0 aliphatic heterocycles. The summed E-state index contributed by atoms with van der Waals surface area (Å²) >= 11 is 7.26. The number of carbonyl (C=O) groups excluding carboxylic acids is 2. The minimum absolute atomic E-state index is 0.00450. The molecule has 0 heterocycles. The lowest BCUT2D eigenvalue weighted by molar-refractivity contribution is 0.101. The van der Waals surface area contributed by atoms with Gasteiger partial charge < -0.3 is 14.8 Å². The third-order valence-electron chi connectivity index (χ3n) is 4.28. The minimum Gasteiger partial charge on any atom is -0.496 e. The highest BCUT2D eigenvalue weighted by molar-refractivity contribution is 8.00. The molecule has 5 nitrogen and oxygen atoms in total. The topological polar surface area (TPSA) is 64.6 Å². The zero-order valence-electron chi connectivity index (χ0n) is 16.5. The van der Waals surface area contributed by atoms with Crippen molar-refractivity contribution in [3.63, 3.8) is 0 Å². The molecular formula is C23H20ClNO4S. The lowest BCUT2D eigenvalue weighted by atomic mass is 10.1. The van der Waals surface area contributed by atoms with E-state index in [1.165, 1.54) is 26.0 Å². The molecule has 1 N–H and O–H groups in total. The van der Waals surface area contributed by atoms with Crippen LogP contribution in [0.1, 0.15) is 20.7 Å². The van der Waals surface area contributed by atoms with Gasteiger partial charge in [-0.1, -0.05) is 23.7 Å². The number of halogens is 1. The highest BCUT2D eigenvalue weighted by Gasteiger charge is 2.18. The second kappa shape index (κ2) is 10.2. The molecule has 3 aromatic carbocycles. The first-order chi connectivity index (χ1) is 14.5. The number of methoxy groups -OCH3 is 2. The number of hydrogen-bond donors (Lipinski definition) is 1. The average Bonchev–Trinajstić information content (AvgIpc) is 2.77. The molecule has 0 unspecified atom stereocenters. The highest BCUT2D eigenvalue weighted by Crippen LogP contribution is 2.30. The van der Waals surface area contributed by atoms with E-state index in [1.807, 2.05) is 18.2 Å². The number of Topliss-reactive ketones (excluding diaryl/α,β-unsaturated/α-hetero) is 1. The van der Waals surface area contributed by atoms with Gasteiger partial charge >= 0.3 is 0 Å². The van der Waals surface area contributed by atoms with Crippen molar-refractivity contribution >= 4 is 40.7 Å². The van der Waals surface area contributed by atoms with Crippen LogP contribution in [0, 0.1) is 0 Å². The summed E-state index contributed by atoms with van der Waals surface area (Å²) in [6, 6.07) is 19.3. The Balaban J connectivity index is 1.69. The summed E-state index contributed by atoms with van der Waals surface area (Å²) in [4.78, 5) is 26.0. The summed E-state index contributed by atoms with van der Waals surface area (Å²) < 4.78 is 10.6. The summed E-state index contributed by atoms with van der Waals surface area (Å²) in [5, 5.41) is 3.45. The van der Waals surface area contributed by atoms with E-state index < -0.39 is 0 Å². The van der Waals surface area contributed by atoms with Gasteiger partial charge in [-0.3, -0.25) is 9.59 Å². The van der Waals surface area contributed by atoms with E-state index in [9.17, 15) is 9.59 Å². The van der Waals surface area contributed by atoms with Gasteiger partial charge in [-0.2, -0.15) is 0 Å². The summed E-state index contributed by atoms with van der Waals surface area (Å²) in [7, 11) is 3.00. The van der Waals surface area contributed by atoms with Crippen molar-refractivity contribution in [2.24, 2.45) is 0 Å². The fourth-order valence-corrected chi connectivity index (χ4v) is 3.78. The SMILES string of the molecule is COc1cccc(OC)c1C(=O)Nc1cccc(SCC(=O)c2ccc(Cl)cc2)c1. The summed E-state index contributed by atoms with van der Waals surface area (Å²) in [6.07, 6.45) is 0. The predicted molar refractivity (Wildman–Crippen MR) is 120 cm³/mol. The Kier molecular flexibility index (Phi) is 7.38. The summed E-state index contributed by atoms with van der Waals surface area (Å²) in [6.45, 7) is 0. The molecule has 154 valence electrons. The van der Waals surface area contributed by atoms with E-state index in [0.717, 1.165) is 4.90 Å². The van der Waals surface area contributed by atoms with Crippen LogP contribution in [0.4, 0.5) is 5.69 Å². The van der Waals surface area contributed by atoms with E-state index in [0.29, 0.717) is 33.3 Å². The highest BCUT2D eigenvalue weighted by atomic mass is 35.5. The molecule has 0 fully saturated rings. The Bertz CT molecular complexity index is 1030. The van der Waals surface area contributed by atoms with Crippen LogP contribution in [0.2, 0.25) is 5.02 Å². The van der Waals surface area contributed by atoms with Crippen LogP contribution < -0.4 is 14.8 Å². The van der Waals surface area contributed by atoms with Gasteiger partial charge in [-0.05, 0) is 54.6 Å². The van der Waals surface area contributed by atoms with Crippen molar-refractivity contribution in [2.75, 3.05) is 25.3 Å². The molecular weight excluding hydrogens is 422 g/mol. The van der Waals surface area contributed by atoms with Gasteiger partial charge in [0.05, 0.1) is 20.0 Å². The van der Waals surface area contributed by atoms with Gasteiger partial charge in [0, 0.05) is 21.2 Å². The third-order valence-corrected chi connectivity index (χ3v) is 5.53. The lowest BCUT2D eigenvalue weighted by Crippen LogP contribution is -2.14. The monoisotopic (exact) mass is 441 g/mol. The molecule has 7 heteroatoms. The maximum absolute atomic E-state index is 12.8. The van der Waals surface area contributed by atoms with Crippen LogP contribution in [0.3, 0.4) is 0 Å². The molecule has 0 saturated heterocycles. The smallest absolute Gasteiger partial charge is 0.263 e. The van der Waals surface area contributed by atoms with E-state index >= 15 is 0 Å². The van der Waals surface area contributed by atoms with Crippen molar-refractivity contribution in [1.29, 1.82) is 0 Å². The van der Waals surface area contributed by atoms with E-state index in [-0.39, 0.29) is 17.4 Å². The van der Waals surface area contributed by atoms with Crippen LogP contribution >= 0.6 is 23.4 Å². The number of ketones is 1. The number of thioether (sulfide) groups is 1. The maximum Gasteiger partial charge on any atom is 0.263 e. The van der Waals surface area contributed by atoms with E-state index in [1.54, 1.807) is 48.5 Å². The molecule has 0 bridgehead atoms. The Labute approximate surface area is 184 Å². The normalized spacial score (nSPS) is 10.4. The number of carbonyl (C=O) groups is 2. The molecule has 0 aliphatic rings. The molecule has 0 aromatic heterocycles. The van der Waals surface area contributed by atoms with Gasteiger partial charge in [-0.25, -0.2) is 0 Å². The molecule has 30 heavy (non-hydrogen) atoms. The van der Waals surface area contributed by atoms with Crippen LogP contribution in [0.15, 0.2) is 71.6 Å². The Morgan fingerprint density at radius 1 is 0.933 bits per heavy atom. The van der Waals surface area contributed by atoms with Crippen molar-refractivity contribution in [3.8, 4) is 11.5 Å². The van der Waals surface area contributed by atoms with E-state index in [4.69, 9.17) is 21.1 Å². The predicted octanol–water partition coefficient (Wildman–Crippen LogP) is 5.58. The first-order valence-corrected chi connectivity index (χ1v) is 10.4. The fourth-order valence-electron chi connectivity index (χ4n) is 2.80. The standard InChI is InChI=1S/C23H20ClNO4S/c1-28-20-7-4-8-21(29-2)22(20)23(27)25-17-5-3-6-18(13-17)30-14-19(26)15-9-11-16(24)12-10-15/h3-13H,14H2,1-2H3,(H,25,27). The lowest BCUT2D eigenvalue weighted by Gasteiger charge is -2.13. The van der Waals surface area contributed by atoms with Gasteiger partial charge in [0.25, 0.3) is 5.91 Å². The summed E-state index contributed by atoms with van der Waals surface area (Å²) in [5.74, 6) is 0.782. The largest absolute Gasteiger partial charge is 0.496 e. The van der Waals surface area contributed by atoms with Crippen molar-refractivity contribution < 1.29 is 19.1 Å². The average molecular weight is 442 g/mol. The second-order valence-electron chi connectivity index (χ2n) is 6.24. The Morgan fingerprint density at radius 3 is 2.20 bits per heavy atom. The molecule has 1 amide bonds. The molecule has 0 atom stereocenters. The number of amides is 1. The fraction of sp³-hybridized carbons (Fsp3) is 0.130. The molecule has 0 aliphatic carbocycles. The molecule has 0 spiro atoms. The third kappa shape index (κ3) is 5.34. The van der Waals surface area contributed by atoms with Crippen molar-refractivity contribution in [2.45, 2.75) is 4.90 Å². The zero-order chi connectivity index (χ0) is 21.5.